The topological polar surface area (TPSA) is 12.0 Å². The van der Waals surface area contributed by atoms with Gasteiger partial charge in [-0.2, -0.15) is 0 Å². The third-order valence-electron chi connectivity index (χ3n) is 3.77. The van der Waals surface area contributed by atoms with E-state index in [2.05, 4.69) is 89.7 Å². The molecule has 0 aliphatic rings. The highest BCUT2D eigenvalue weighted by Crippen LogP contribution is 2.19. The molecule has 0 saturated heterocycles. The minimum Gasteiger partial charge on any atom is -0.310 e. The number of halogens is 1. The van der Waals surface area contributed by atoms with Gasteiger partial charge in [-0.25, -0.2) is 0 Å². The van der Waals surface area contributed by atoms with Crippen LogP contribution in [-0.4, -0.2) is 6.54 Å². The van der Waals surface area contributed by atoms with Gasteiger partial charge in [-0.1, -0.05) is 65.3 Å². The summed E-state index contributed by atoms with van der Waals surface area (Å²) >= 11 is 3.47. The lowest BCUT2D eigenvalue weighted by Gasteiger charge is -2.17. The third-order valence-corrected chi connectivity index (χ3v) is 4.30. The average molecular weight is 332 g/mol. The molecule has 0 heterocycles. The quantitative estimate of drug-likeness (QED) is 0.757. The smallest absolute Gasteiger partial charge is 0.0291 e. The predicted octanol–water partition coefficient (Wildman–Crippen LogP) is 5.29. The Balaban J connectivity index is 1.79. The zero-order valence-corrected chi connectivity index (χ0v) is 13.7. The van der Waals surface area contributed by atoms with Gasteiger partial charge in [-0.05, 0) is 49.1 Å². The second-order valence-electron chi connectivity index (χ2n) is 5.33. The minimum absolute atomic E-state index is 0.395. The molecule has 0 radical (unpaired) electrons. The standard InChI is InChI=1S/C18H22BrN/c1-14(16-6-4-3-5-7-16)12-13-20-15(2)17-8-10-18(19)11-9-17/h3-11,14-15,20H,12-13H2,1-2H3/t14?,15-/m1/s1. The van der Waals surface area contributed by atoms with Crippen LogP contribution in [0, 0.1) is 0 Å². The van der Waals surface area contributed by atoms with Gasteiger partial charge in [-0.3, -0.25) is 0 Å². The van der Waals surface area contributed by atoms with Crippen molar-refractivity contribution in [3.8, 4) is 0 Å². The molecule has 0 amide bonds. The van der Waals surface area contributed by atoms with E-state index >= 15 is 0 Å². The van der Waals surface area contributed by atoms with Crippen LogP contribution < -0.4 is 5.32 Å². The van der Waals surface area contributed by atoms with E-state index in [1.54, 1.807) is 0 Å². The Morgan fingerprint density at radius 1 is 0.900 bits per heavy atom. The molecule has 2 heteroatoms. The van der Waals surface area contributed by atoms with Crippen LogP contribution in [-0.2, 0) is 0 Å². The van der Waals surface area contributed by atoms with Gasteiger partial charge in [-0.15, -0.1) is 0 Å². The van der Waals surface area contributed by atoms with Crippen LogP contribution in [0.15, 0.2) is 59.1 Å². The Kier molecular flexibility index (Phi) is 5.81. The van der Waals surface area contributed by atoms with Gasteiger partial charge >= 0.3 is 0 Å². The number of benzene rings is 2. The average Bonchev–Trinajstić information content (AvgIpc) is 2.48. The molecule has 2 rings (SSSR count). The molecule has 1 N–H and O–H groups in total. The Bertz CT molecular complexity index is 507. The van der Waals surface area contributed by atoms with Crippen LogP contribution in [0.1, 0.15) is 43.4 Å². The first kappa shape index (κ1) is 15.3. The molecule has 0 bridgehead atoms. The lowest BCUT2D eigenvalue weighted by atomic mass is 9.98. The summed E-state index contributed by atoms with van der Waals surface area (Å²) in [6.07, 6.45) is 1.16. The summed E-state index contributed by atoms with van der Waals surface area (Å²) in [6.45, 7) is 5.55. The van der Waals surface area contributed by atoms with E-state index in [0.29, 0.717) is 12.0 Å². The highest BCUT2D eigenvalue weighted by molar-refractivity contribution is 9.10. The number of hydrogen-bond acceptors (Lipinski definition) is 1. The highest BCUT2D eigenvalue weighted by Gasteiger charge is 2.07. The van der Waals surface area contributed by atoms with Crippen LogP contribution in [0.25, 0.3) is 0 Å². The van der Waals surface area contributed by atoms with Crippen LogP contribution >= 0.6 is 15.9 Å². The summed E-state index contributed by atoms with van der Waals surface area (Å²) < 4.78 is 1.13. The van der Waals surface area contributed by atoms with Crippen molar-refractivity contribution in [1.29, 1.82) is 0 Å². The zero-order valence-electron chi connectivity index (χ0n) is 12.1. The first-order valence-electron chi connectivity index (χ1n) is 7.20. The van der Waals surface area contributed by atoms with Crippen molar-refractivity contribution in [2.24, 2.45) is 0 Å². The van der Waals surface area contributed by atoms with Crippen molar-refractivity contribution in [2.45, 2.75) is 32.2 Å². The third kappa shape index (κ3) is 4.46. The van der Waals surface area contributed by atoms with E-state index < -0.39 is 0 Å². The van der Waals surface area contributed by atoms with Gasteiger partial charge in [0.15, 0.2) is 0 Å². The van der Waals surface area contributed by atoms with Crippen LogP contribution in [0.3, 0.4) is 0 Å². The maximum atomic E-state index is 3.60. The van der Waals surface area contributed by atoms with E-state index in [1.807, 2.05) is 0 Å². The molecule has 1 nitrogen and oxygen atoms in total. The van der Waals surface area contributed by atoms with Crippen LogP contribution in [0.4, 0.5) is 0 Å². The zero-order chi connectivity index (χ0) is 14.4. The Morgan fingerprint density at radius 2 is 1.55 bits per heavy atom. The predicted molar refractivity (Wildman–Crippen MR) is 90.0 cm³/mol. The first-order valence-corrected chi connectivity index (χ1v) is 8.00. The molecule has 1 unspecified atom stereocenters. The second kappa shape index (κ2) is 7.61. The molecule has 2 aromatic rings. The van der Waals surface area contributed by atoms with E-state index in [1.165, 1.54) is 11.1 Å². The van der Waals surface area contributed by atoms with Crippen LogP contribution in [0.2, 0.25) is 0 Å². The maximum Gasteiger partial charge on any atom is 0.0291 e. The van der Waals surface area contributed by atoms with Gasteiger partial charge in [0.05, 0.1) is 0 Å². The van der Waals surface area contributed by atoms with Crippen LogP contribution in [0.5, 0.6) is 0 Å². The molecule has 0 saturated carbocycles. The van der Waals surface area contributed by atoms with Gasteiger partial charge in [0, 0.05) is 10.5 Å². The van der Waals surface area contributed by atoms with Gasteiger partial charge < -0.3 is 5.32 Å². The molecule has 2 atom stereocenters. The molecule has 0 aliphatic carbocycles. The Labute approximate surface area is 130 Å². The van der Waals surface area contributed by atoms with Crippen molar-refractivity contribution >= 4 is 15.9 Å². The largest absolute Gasteiger partial charge is 0.310 e. The minimum atomic E-state index is 0.395. The number of nitrogens with one attached hydrogen (secondary N) is 1. The van der Waals surface area contributed by atoms with E-state index in [9.17, 15) is 0 Å². The van der Waals surface area contributed by atoms with Crippen molar-refractivity contribution in [3.05, 3.63) is 70.2 Å². The summed E-state index contributed by atoms with van der Waals surface area (Å²) in [5.74, 6) is 0.598. The van der Waals surface area contributed by atoms with Crippen molar-refractivity contribution in [2.75, 3.05) is 6.54 Å². The van der Waals surface area contributed by atoms with Crippen molar-refractivity contribution < 1.29 is 0 Å². The molecule has 0 aromatic heterocycles. The summed E-state index contributed by atoms with van der Waals surface area (Å²) in [5.41, 5.74) is 2.76. The van der Waals surface area contributed by atoms with E-state index in [4.69, 9.17) is 0 Å². The summed E-state index contributed by atoms with van der Waals surface area (Å²) in [7, 11) is 0. The molecule has 0 spiro atoms. The summed E-state index contributed by atoms with van der Waals surface area (Å²) in [6, 6.07) is 19.7. The maximum absolute atomic E-state index is 3.60. The molecule has 2 aromatic carbocycles. The fourth-order valence-corrected chi connectivity index (χ4v) is 2.60. The molecule has 20 heavy (non-hydrogen) atoms. The lowest BCUT2D eigenvalue weighted by molar-refractivity contribution is 0.531. The fourth-order valence-electron chi connectivity index (χ4n) is 2.33. The summed E-state index contributed by atoms with van der Waals surface area (Å²) in [5, 5.41) is 3.60. The molecular weight excluding hydrogens is 310 g/mol. The molecule has 106 valence electrons. The van der Waals surface area contributed by atoms with Gasteiger partial charge in [0.1, 0.15) is 0 Å². The number of hydrogen-bond donors (Lipinski definition) is 1. The van der Waals surface area contributed by atoms with Gasteiger partial charge in [0.25, 0.3) is 0 Å². The molecule has 0 aliphatic heterocycles. The normalized spacial score (nSPS) is 13.9. The Hall–Kier alpha value is -1.12. The second-order valence-corrected chi connectivity index (χ2v) is 6.24. The van der Waals surface area contributed by atoms with Crippen molar-refractivity contribution in [1.82, 2.24) is 5.32 Å². The first-order chi connectivity index (χ1) is 9.66. The van der Waals surface area contributed by atoms with E-state index in [-0.39, 0.29) is 0 Å². The van der Waals surface area contributed by atoms with Crippen molar-refractivity contribution in [3.63, 3.8) is 0 Å². The molecule has 0 fully saturated rings. The summed E-state index contributed by atoms with van der Waals surface area (Å²) in [4.78, 5) is 0. The van der Waals surface area contributed by atoms with E-state index in [0.717, 1.165) is 17.4 Å². The lowest BCUT2D eigenvalue weighted by Crippen LogP contribution is -2.21. The Morgan fingerprint density at radius 3 is 2.20 bits per heavy atom. The SMILES string of the molecule is CC(CCN[C@H](C)c1ccc(Br)cc1)c1ccccc1. The van der Waals surface area contributed by atoms with Gasteiger partial charge in [0.2, 0.25) is 0 Å². The monoisotopic (exact) mass is 331 g/mol. The number of rotatable bonds is 6. The molecular formula is C18H22BrN. The highest BCUT2D eigenvalue weighted by atomic mass is 79.9. The fraction of sp³-hybridized carbons (Fsp3) is 0.333.